The van der Waals surface area contributed by atoms with E-state index in [9.17, 15) is 0 Å². The zero-order chi connectivity index (χ0) is 11.7. The normalized spacial score (nSPS) is 24.4. The zero-order valence-electron chi connectivity index (χ0n) is 10.6. The van der Waals surface area contributed by atoms with Crippen molar-refractivity contribution in [3.05, 3.63) is 29.3 Å². The standard InChI is InChI=1S/C15H22N2/c1-11-6-7-15-12(8-11)9-14(10-16-15)17-13-4-2-3-5-13/h6-8,13-14,16-17H,2-5,9-10H2,1H3. The lowest BCUT2D eigenvalue weighted by Gasteiger charge is -2.29. The molecule has 1 aliphatic carbocycles. The van der Waals surface area contributed by atoms with Crippen LogP contribution >= 0.6 is 0 Å². The summed E-state index contributed by atoms with van der Waals surface area (Å²) >= 11 is 0. The van der Waals surface area contributed by atoms with Crippen LogP contribution in [0.1, 0.15) is 36.8 Å². The Kier molecular flexibility index (Phi) is 3.06. The lowest BCUT2D eigenvalue weighted by molar-refractivity contribution is 0.432. The smallest absolute Gasteiger partial charge is 0.0374 e. The molecule has 1 aliphatic heterocycles. The number of hydrogen-bond acceptors (Lipinski definition) is 2. The third-order valence-corrected chi connectivity index (χ3v) is 4.09. The van der Waals surface area contributed by atoms with E-state index in [0.717, 1.165) is 12.6 Å². The van der Waals surface area contributed by atoms with E-state index in [1.165, 1.54) is 48.9 Å². The molecule has 17 heavy (non-hydrogen) atoms. The van der Waals surface area contributed by atoms with Gasteiger partial charge in [0.15, 0.2) is 0 Å². The van der Waals surface area contributed by atoms with Crippen LogP contribution in [0.4, 0.5) is 5.69 Å². The number of hydrogen-bond donors (Lipinski definition) is 2. The monoisotopic (exact) mass is 230 g/mol. The summed E-state index contributed by atoms with van der Waals surface area (Å²) in [7, 11) is 0. The van der Waals surface area contributed by atoms with Gasteiger partial charge in [0.2, 0.25) is 0 Å². The summed E-state index contributed by atoms with van der Waals surface area (Å²) in [5.41, 5.74) is 4.18. The van der Waals surface area contributed by atoms with Crippen LogP contribution in [0.5, 0.6) is 0 Å². The predicted molar refractivity (Wildman–Crippen MR) is 72.6 cm³/mol. The molecule has 0 radical (unpaired) electrons. The zero-order valence-corrected chi connectivity index (χ0v) is 10.6. The molecule has 0 amide bonds. The van der Waals surface area contributed by atoms with Gasteiger partial charge in [0.25, 0.3) is 0 Å². The number of aryl methyl sites for hydroxylation is 1. The second kappa shape index (κ2) is 4.69. The Hall–Kier alpha value is -1.02. The highest BCUT2D eigenvalue weighted by Crippen LogP contribution is 2.24. The predicted octanol–water partition coefficient (Wildman–Crippen LogP) is 2.86. The van der Waals surface area contributed by atoms with Gasteiger partial charge in [-0.2, -0.15) is 0 Å². The Morgan fingerprint density at radius 2 is 2.00 bits per heavy atom. The first kappa shape index (κ1) is 11.1. The minimum absolute atomic E-state index is 0.618. The van der Waals surface area contributed by atoms with E-state index in [4.69, 9.17) is 0 Å². The molecule has 1 fully saturated rings. The summed E-state index contributed by atoms with van der Waals surface area (Å²) < 4.78 is 0. The van der Waals surface area contributed by atoms with E-state index < -0.39 is 0 Å². The average Bonchev–Trinajstić information content (AvgIpc) is 2.81. The van der Waals surface area contributed by atoms with Gasteiger partial charge in [-0.25, -0.2) is 0 Å². The molecular formula is C15H22N2. The first-order valence-corrected chi connectivity index (χ1v) is 6.91. The third kappa shape index (κ3) is 2.47. The Morgan fingerprint density at radius 3 is 2.82 bits per heavy atom. The van der Waals surface area contributed by atoms with Crippen LogP contribution in [0.25, 0.3) is 0 Å². The van der Waals surface area contributed by atoms with Gasteiger partial charge >= 0.3 is 0 Å². The fourth-order valence-corrected chi connectivity index (χ4v) is 3.18. The number of nitrogens with one attached hydrogen (secondary N) is 2. The molecule has 1 unspecified atom stereocenters. The molecule has 3 rings (SSSR count). The van der Waals surface area contributed by atoms with Crippen LogP contribution in [0.2, 0.25) is 0 Å². The molecule has 2 heteroatoms. The number of rotatable bonds is 2. The minimum Gasteiger partial charge on any atom is -0.383 e. The van der Waals surface area contributed by atoms with E-state index in [0.29, 0.717) is 6.04 Å². The highest BCUT2D eigenvalue weighted by atomic mass is 15.0. The van der Waals surface area contributed by atoms with Crippen molar-refractivity contribution in [1.29, 1.82) is 0 Å². The maximum Gasteiger partial charge on any atom is 0.0374 e. The molecule has 1 aromatic rings. The van der Waals surface area contributed by atoms with Gasteiger partial charge in [0.05, 0.1) is 0 Å². The molecule has 2 aliphatic rings. The van der Waals surface area contributed by atoms with Crippen LogP contribution < -0.4 is 10.6 Å². The lowest BCUT2D eigenvalue weighted by Crippen LogP contribution is -2.44. The summed E-state index contributed by atoms with van der Waals surface area (Å²) in [6.45, 7) is 3.25. The largest absolute Gasteiger partial charge is 0.383 e. The number of fused-ring (bicyclic) bond motifs is 1. The maximum absolute atomic E-state index is 3.82. The minimum atomic E-state index is 0.618. The van der Waals surface area contributed by atoms with Crippen LogP contribution in [-0.4, -0.2) is 18.6 Å². The molecule has 0 spiro atoms. The van der Waals surface area contributed by atoms with E-state index in [-0.39, 0.29) is 0 Å². The van der Waals surface area contributed by atoms with E-state index in [2.05, 4.69) is 35.8 Å². The van der Waals surface area contributed by atoms with Crippen molar-refractivity contribution < 1.29 is 0 Å². The van der Waals surface area contributed by atoms with Crippen LogP contribution in [0.3, 0.4) is 0 Å². The van der Waals surface area contributed by atoms with Crippen LogP contribution in [-0.2, 0) is 6.42 Å². The fourth-order valence-electron chi connectivity index (χ4n) is 3.18. The van der Waals surface area contributed by atoms with Crippen LogP contribution in [0, 0.1) is 6.92 Å². The lowest BCUT2D eigenvalue weighted by atomic mass is 9.97. The van der Waals surface area contributed by atoms with Gasteiger partial charge in [-0.05, 0) is 37.8 Å². The van der Waals surface area contributed by atoms with E-state index in [1.54, 1.807) is 0 Å². The van der Waals surface area contributed by atoms with Crippen molar-refractivity contribution in [2.24, 2.45) is 0 Å². The number of anilines is 1. The van der Waals surface area contributed by atoms with Gasteiger partial charge in [-0.1, -0.05) is 30.5 Å². The van der Waals surface area contributed by atoms with Crippen molar-refractivity contribution >= 4 is 5.69 Å². The molecule has 0 aromatic heterocycles. The molecule has 1 atom stereocenters. The molecule has 0 saturated heterocycles. The SMILES string of the molecule is Cc1ccc2c(c1)CC(NC1CCCC1)CN2. The molecule has 2 nitrogen and oxygen atoms in total. The Morgan fingerprint density at radius 1 is 1.18 bits per heavy atom. The number of benzene rings is 1. The summed E-state index contributed by atoms with van der Waals surface area (Å²) in [5, 5.41) is 7.37. The highest BCUT2D eigenvalue weighted by Gasteiger charge is 2.22. The van der Waals surface area contributed by atoms with Gasteiger partial charge in [-0.15, -0.1) is 0 Å². The van der Waals surface area contributed by atoms with Gasteiger partial charge in [-0.3, -0.25) is 0 Å². The Labute approximate surface area is 104 Å². The fraction of sp³-hybridized carbons (Fsp3) is 0.600. The summed E-state index contributed by atoms with van der Waals surface area (Å²) in [6, 6.07) is 8.12. The second-order valence-corrected chi connectivity index (χ2v) is 5.59. The average molecular weight is 230 g/mol. The molecule has 92 valence electrons. The first-order chi connectivity index (χ1) is 8.31. The molecule has 1 heterocycles. The van der Waals surface area contributed by atoms with Crippen molar-refractivity contribution in [3.63, 3.8) is 0 Å². The van der Waals surface area contributed by atoms with Crippen molar-refractivity contribution in [3.8, 4) is 0 Å². The molecule has 2 N–H and O–H groups in total. The highest BCUT2D eigenvalue weighted by molar-refractivity contribution is 5.55. The van der Waals surface area contributed by atoms with Crippen LogP contribution in [0.15, 0.2) is 18.2 Å². The molecule has 0 bridgehead atoms. The third-order valence-electron chi connectivity index (χ3n) is 4.09. The molecule has 1 saturated carbocycles. The van der Waals surface area contributed by atoms with Gasteiger partial charge in [0.1, 0.15) is 0 Å². The van der Waals surface area contributed by atoms with E-state index in [1.807, 2.05) is 0 Å². The Balaban J connectivity index is 1.67. The topological polar surface area (TPSA) is 24.1 Å². The van der Waals surface area contributed by atoms with Crippen molar-refractivity contribution in [1.82, 2.24) is 5.32 Å². The van der Waals surface area contributed by atoms with Gasteiger partial charge in [0, 0.05) is 24.3 Å². The van der Waals surface area contributed by atoms with Crippen molar-refractivity contribution in [2.75, 3.05) is 11.9 Å². The van der Waals surface area contributed by atoms with Gasteiger partial charge < -0.3 is 10.6 Å². The summed E-state index contributed by atoms with van der Waals surface area (Å²) in [5.74, 6) is 0. The Bertz CT molecular complexity index is 394. The molecule has 1 aromatic carbocycles. The molecular weight excluding hydrogens is 208 g/mol. The second-order valence-electron chi connectivity index (χ2n) is 5.59. The summed E-state index contributed by atoms with van der Waals surface area (Å²) in [4.78, 5) is 0. The van der Waals surface area contributed by atoms with E-state index >= 15 is 0 Å². The maximum atomic E-state index is 3.82. The van der Waals surface area contributed by atoms with Crippen molar-refractivity contribution in [2.45, 2.75) is 51.1 Å². The quantitative estimate of drug-likeness (QED) is 0.816. The first-order valence-electron chi connectivity index (χ1n) is 6.91. The summed E-state index contributed by atoms with van der Waals surface area (Å²) in [6.07, 6.45) is 6.75.